The average molecular weight is 553 g/mol. The van der Waals surface area contributed by atoms with E-state index in [1.54, 1.807) is 0 Å². The molecule has 2 heteroatoms. The number of hydrogen-bond donors (Lipinski definition) is 0. The van der Waals surface area contributed by atoms with Crippen LogP contribution >= 0.6 is 0 Å². The molecule has 3 rings (SSSR count). The van der Waals surface area contributed by atoms with Gasteiger partial charge in [0.05, 0.1) is 6.61 Å². The second kappa shape index (κ2) is 14.9. The molecule has 0 aliphatic heterocycles. The minimum Gasteiger partial charge on any atom is -0.493 e. The van der Waals surface area contributed by atoms with Gasteiger partial charge in [0.15, 0.2) is 0 Å². The summed E-state index contributed by atoms with van der Waals surface area (Å²) in [6.45, 7) is 19.8. The lowest BCUT2D eigenvalue weighted by Gasteiger charge is -2.31. The van der Waals surface area contributed by atoms with Crippen molar-refractivity contribution in [1.29, 1.82) is 0 Å². The second-order valence-electron chi connectivity index (χ2n) is 14.2. The molecule has 0 bridgehead atoms. The molecule has 40 heavy (non-hydrogen) atoms. The first-order valence-electron chi connectivity index (χ1n) is 15.2. The van der Waals surface area contributed by atoms with Crippen LogP contribution in [0.1, 0.15) is 92.2 Å². The normalized spacial score (nSPS) is 14.3. The molecule has 3 aromatic rings. The topological polar surface area (TPSA) is 9.23 Å². The third kappa shape index (κ3) is 11.5. The van der Waals surface area contributed by atoms with E-state index < -0.39 is 0 Å². The molecule has 2 radical (unpaired) electrons. The zero-order chi connectivity index (χ0) is 29.2. The Morgan fingerprint density at radius 3 is 1.73 bits per heavy atom. The predicted octanol–water partition coefficient (Wildman–Crippen LogP) is 10.0. The van der Waals surface area contributed by atoms with Crippen LogP contribution in [0.3, 0.4) is 0 Å². The summed E-state index contributed by atoms with van der Waals surface area (Å²) in [6.07, 6.45) is 5.02. The molecule has 0 saturated carbocycles. The molecule has 214 valence electrons. The van der Waals surface area contributed by atoms with Gasteiger partial charge in [-0.3, -0.25) is 0 Å². The van der Waals surface area contributed by atoms with Gasteiger partial charge < -0.3 is 4.74 Å². The van der Waals surface area contributed by atoms with Crippen molar-refractivity contribution < 1.29 is 4.74 Å². The van der Waals surface area contributed by atoms with Crippen LogP contribution in [0.25, 0.3) is 5.57 Å². The number of ether oxygens (including phenoxy) is 1. The highest BCUT2D eigenvalue weighted by Gasteiger charge is 2.25. The SMILES string of the molecule is CC(CCC(COc1ccc([Si]C=C(c2ccccc2)c2ccccc2)cc1)C(C)CC(C)(C)C)CC(C)(C)C. The Morgan fingerprint density at radius 2 is 1.23 bits per heavy atom. The molecule has 3 atom stereocenters. The van der Waals surface area contributed by atoms with E-state index in [2.05, 4.69) is 146 Å². The number of rotatable bonds is 13. The first-order valence-corrected chi connectivity index (χ1v) is 16.3. The summed E-state index contributed by atoms with van der Waals surface area (Å²) in [6, 6.07) is 30.2. The fourth-order valence-electron chi connectivity index (χ4n) is 5.89. The molecule has 0 aliphatic rings. The summed E-state index contributed by atoms with van der Waals surface area (Å²) in [5.41, 5.74) is 6.91. The van der Waals surface area contributed by atoms with Crippen molar-refractivity contribution >= 4 is 20.3 Å². The Labute approximate surface area is 248 Å². The minimum atomic E-state index is 0.336. The summed E-state index contributed by atoms with van der Waals surface area (Å²) >= 11 is 0. The molecule has 0 aromatic heterocycles. The zero-order valence-corrected chi connectivity index (χ0v) is 27.3. The number of benzene rings is 3. The Morgan fingerprint density at radius 1 is 0.700 bits per heavy atom. The molecule has 0 spiro atoms. The van der Waals surface area contributed by atoms with E-state index in [1.807, 2.05) is 0 Å². The van der Waals surface area contributed by atoms with Gasteiger partial charge >= 0.3 is 0 Å². The molecule has 0 N–H and O–H groups in total. The van der Waals surface area contributed by atoms with Gasteiger partial charge in [-0.05, 0) is 76.7 Å². The highest BCUT2D eigenvalue weighted by atomic mass is 28.2. The molecule has 0 amide bonds. The fourth-order valence-corrected chi connectivity index (χ4v) is 6.89. The van der Waals surface area contributed by atoms with E-state index >= 15 is 0 Å². The van der Waals surface area contributed by atoms with Crippen molar-refractivity contribution in [3.8, 4) is 5.75 Å². The number of hydrogen-bond acceptors (Lipinski definition) is 1. The maximum Gasteiger partial charge on any atom is 0.119 e. The minimum absolute atomic E-state index is 0.336. The first-order chi connectivity index (χ1) is 18.9. The smallest absolute Gasteiger partial charge is 0.119 e. The van der Waals surface area contributed by atoms with Crippen molar-refractivity contribution in [3.63, 3.8) is 0 Å². The highest BCUT2D eigenvalue weighted by molar-refractivity contribution is 6.59. The molecular formula is C38H52OSi. The molecule has 0 saturated heterocycles. The van der Waals surface area contributed by atoms with Gasteiger partial charge in [0.2, 0.25) is 0 Å². The third-order valence-corrected chi connectivity index (χ3v) is 8.70. The third-order valence-electron chi connectivity index (χ3n) is 7.60. The van der Waals surface area contributed by atoms with E-state index in [-0.39, 0.29) is 0 Å². The van der Waals surface area contributed by atoms with E-state index in [1.165, 1.54) is 47.6 Å². The van der Waals surface area contributed by atoms with Crippen LogP contribution in [0.5, 0.6) is 5.75 Å². The molecular weight excluding hydrogens is 501 g/mol. The summed E-state index contributed by atoms with van der Waals surface area (Å²) < 4.78 is 6.44. The van der Waals surface area contributed by atoms with E-state index in [9.17, 15) is 0 Å². The maximum absolute atomic E-state index is 6.44. The monoisotopic (exact) mass is 552 g/mol. The molecule has 3 unspecified atom stereocenters. The Bertz CT molecular complexity index is 1110. The van der Waals surface area contributed by atoms with Crippen molar-refractivity contribution in [2.75, 3.05) is 6.61 Å². The molecule has 0 fully saturated rings. The average Bonchev–Trinajstić information content (AvgIpc) is 2.89. The summed E-state index contributed by atoms with van der Waals surface area (Å²) in [5, 5.41) is 1.32. The quantitative estimate of drug-likeness (QED) is 0.192. The zero-order valence-electron chi connectivity index (χ0n) is 26.3. The summed E-state index contributed by atoms with van der Waals surface area (Å²) in [4.78, 5) is 0. The second-order valence-corrected chi connectivity index (χ2v) is 15.4. The molecule has 0 heterocycles. The predicted molar refractivity (Wildman–Crippen MR) is 176 cm³/mol. The Balaban J connectivity index is 1.65. The van der Waals surface area contributed by atoms with Crippen LogP contribution in [0.2, 0.25) is 0 Å². The van der Waals surface area contributed by atoms with Crippen LogP contribution < -0.4 is 9.92 Å². The standard InChI is InChI=1S/C38H52OSi/c1-29(25-37(3,4)5)19-20-33(30(2)26-38(6,7)8)27-39-34-21-23-35(24-22-34)40-28-36(31-15-11-9-12-16-31)32-17-13-10-14-18-32/h9-18,21-24,28-30,33H,19-20,25-27H2,1-8H3. The van der Waals surface area contributed by atoms with Crippen molar-refractivity contribution in [3.05, 3.63) is 102 Å². The summed E-state index contributed by atoms with van der Waals surface area (Å²) in [7, 11) is 0.593. The highest BCUT2D eigenvalue weighted by Crippen LogP contribution is 2.34. The van der Waals surface area contributed by atoms with Gasteiger partial charge in [-0.1, -0.05) is 145 Å². The van der Waals surface area contributed by atoms with Gasteiger partial charge in [0, 0.05) is 0 Å². The van der Waals surface area contributed by atoms with Crippen LogP contribution in [-0.2, 0) is 0 Å². The fraction of sp³-hybridized carbons (Fsp3) is 0.474. The van der Waals surface area contributed by atoms with Gasteiger partial charge in [0.1, 0.15) is 15.3 Å². The molecule has 3 aromatic carbocycles. The Kier molecular flexibility index (Phi) is 11.9. The van der Waals surface area contributed by atoms with Gasteiger partial charge in [0.25, 0.3) is 0 Å². The molecule has 1 nitrogen and oxygen atoms in total. The van der Waals surface area contributed by atoms with Gasteiger partial charge in [-0.25, -0.2) is 0 Å². The van der Waals surface area contributed by atoms with E-state index in [4.69, 9.17) is 4.74 Å². The lowest BCUT2D eigenvalue weighted by atomic mass is 9.76. The first kappa shape index (κ1) is 31.9. The molecule has 0 aliphatic carbocycles. The van der Waals surface area contributed by atoms with Crippen LogP contribution in [0.4, 0.5) is 0 Å². The van der Waals surface area contributed by atoms with Crippen LogP contribution in [0, 0.1) is 28.6 Å². The lowest BCUT2D eigenvalue weighted by molar-refractivity contribution is 0.147. The van der Waals surface area contributed by atoms with Crippen molar-refractivity contribution in [2.45, 2.75) is 81.1 Å². The Hall–Kier alpha value is -2.58. The maximum atomic E-state index is 6.44. The van der Waals surface area contributed by atoms with Crippen LogP contribution in [-0.4, -0.2) is 16.1 Å². The van der Waals surface area contributed by atoms with Crippen LogP contribution in [0.15, 0.2) is 90.6 Å². The largest absolute Gasteiger partial charge is 0.493 e. The van der Waals surface area contributed by atoms with E-state index in [0.29, 0.717) is 32.2 Å². The summed E-state index contributed by atoms with van der Waals surface area (Å²) in [5.74, 6) is 2.95. The van der Waals surface area contributed by atoms with Crippen molar-refractivity contribution in [1.82, 2.24) is 0 Å². The van der Waals surface area contributed by atoms with Gasteiger partial charge in [-0.2, -0.15) is 0 Å². The lowest BCUT2D eigenvalue weighted by Crippen LogP contribution is -2.25. The van der Waals surface area contributed by atoms with Gasteiger partial charge in [-0.15, -0.1) is 0 Å². The van der Waals surface area contributed by atoms with Crippen molar-refractivity contribution in [2.24, 2.45) is 28.6 Å². The van der Waals surface area contributed by atoms with E-state index in [0.717, 1.165) is 18.3 Å².